The molecule has 3 aromatic rings. The minimum Gasteiger partial charge on any atom is -0.504 e. The average Bonchev–Trinajstić information content (AvgIpc) is 3.49. The molecule has 1 saturated carbocycles. The van der Waals surface area contributed by atoms with Gasteiger partial charge in [-0.2, -0.15) is 0 Å². The molecule has 2 aliphatic heterocycles. The molecule has 5 aliphatic rings. The summed E-state index contributed by atoms with van der Waals surface area (Å²) in [7, 11) is 0. The topological polar surface area (TPSA) is 57.7 Å². The summed E-state index contributed by atoms with van der Waals surface area (Å²) in [6.07, 6.45) is 5.52. The number of benzene rings is 2. The van der Waals surface area contributed by atoms with Crippen molar-refractivity contribution >= 4 is 10.9 Å². The molecule has 176 valence electrons. The van der Waals surface area contributed by atoms with E-state index in [4.69, 9.17) is 9.47 Å². The van der Waals surface area contributed by atoms with Crippen LogP contribution in [0.5, 0.6) is 11.5 Å². The van der Waals surface area contributed by atoms with Gasteiger partial charge in [0.15, 0.2) is 17.1 Å². The van der Waals surface area contributed by atoms with E-state index in [1.165, 1.54) is 47.2 Å². The van der Waals surface area contributed by atoms with E-state index >= 15 is 0 Å². The Morgan fingerprint density at radius 2 is 2.06 bits per heavy atom. The van der Waals surface area contributed by atoms with Crippen molar-refractivity contribution in [1.29, 1.82) is 0 Å². The second kappa shape index (κ2) is 6.19. The Kier molecular flexibility index (Phi) is 3.60. The van der Waals surface area contributed by atoms with Crippen LogP contribution in [0, 0.1) is 5.92 Å². The van der Waals surface area contributed by atoms with Gasteiger partial charge in [-0.3, -0.25) is 4.90 Å². The molecule has 1 unspecified atom stereocenters. The van der Waals surface area contributed by atoms with Crippen molar-refractivity contribution in [3.05, 3.63) is 58.8 Å². The van der Waals surface area contributed by atoms with E-state index in [-0.39, 0.29) is 11.2 Å². The Morgan fingerprint density at radius 3 is 2.88 bits per heavy atom. The van der Waals surface area contributed by atoms with Crippen LogP contribution in [-0.2, 0) is 28.6 Å². The molecule has 4 atom stereocenters. The summed E-state index contributed by atoms with van der Waals surface area (Å²) in [6, 6.07) is 12.9. The Bertz CT molecular complexity index is 1360. The SMILES string of the molecule is CCO[C@@]12Cc3c([nH]c4ccccc34)[C@]3(C)Oc4c(O)ccc5c4C31CCN(CC1CC1)[C@@H]2C5. The van der Waals surface area contributed by atoms with Crippen molar-refractivity contribution in [2.75, 3.05) is 19.7 Å². The number of aromatic hydroxyl groups is 1. The van der Waals surface area contributed by atoms with Crippen LogP contribution in [0.15, 0.2) is 36.4 Å². The molecule has 1 saturated heterocycles. The highest BCUT2D eigenvalue weighted by molar-refractivity contribution is 5.86. The minimum absolute atomic E-state index is 0.255. The van der Waals surface area contributed by atoms with Crippen molar-refractivity contribution in [3.63, 3.8) is 0 Å². The van der Waals surface area contributed by atoms with Crippen molar-refractivity contribution in [1.82, 2.24) is 9.88 Å². The lowest BCUT2D eigenvalue weighted by Crippen LogP contribution is -2.79. The van der Waals surface area contributed by atoms with Gasteiger partial charge in [-0.25, -0.2) is 0 Å². The molecule has 2 bridgehead atoms. The molecule has 34 heavy (non-hydrogen) atoms. The summed E-state index contributed by atoms with van der Waals surface area (Å²) in [4.78, 5) is 6.54. The standard InChI is InChI=1S/C29H32N2O3/c1-3-33-29-15-20-19-6-4-5-7-21(19)30-26(20)27(2)28(29)12-13-31(16-17-8-9-17)23(29)14-18-10-11-22(32)25(34-27)24(18)28/h4-7,10-11,17,23,30,32H,3,8-9,12-16H2,1-2H3/t23-,27+,28?,29-/m1/s1. The first-order valence-corrected chi connectivity index (χ1v) is 13.0. The second-order valence-electron chi connectivity index (χ2n) is 11.4. The zero-order valence-electron chi connectivity index (χ0n) is 20.0. The molecular weight excluding hydrogens is 424 g/mol. The Labute approximate surface area is 200 Å². The van der Waals surface area contributed by atoms with E-state index in [0.29, 0.717) is 18.4 Å². The van der Waals surface area contributed by atoms with Gasteiger partial charge in [-0.1, -0.05) is 24.3 Å². The third-order valence-corrected chi connectivity index (χ3v) is 9.98. The summed E-state index contributed by atoms with van der Waals surface area (Å²) >= 11 is 0. The number of hydrogen-bond donors (Lipinski definition) is 2. The van der Waals surface area contributed by atoms with E-state index in [2.05, 4.69) is 54.1 Å². The third-order valence-electron chi connectivity index (χ3n) is 9.98. The Hall–Kier alpha value is -2.50. The van der Waals surface area contributed by atoms with Gasteiger partial charge >= 0.3 is 0 Å². The maximum absolute atomic E-state index is 11.0. The Balaban J connectivity index is 1.47. The number of phenolic OH excluding ortho intramolecular Hbond substituents is 1. The van der Waals surface area contributed by atoms with Crippen LogP contribution in [0.4, 0.5) is 0 Å². The lowest BCUT2D eigenvalue weighted by Gasteiger charge is -2.67. The number of hydrogen-bond acceptors (Lipinski definition) is 4. The molecule has 1 aromatic heterocycles. The largest absolute Gasteiger partial charge is 0.504 e. The van der Waals surface area contributed by atoms with Gasteiger partial charge in [-0.05, 0) is 75.3 Å². The average molecular weight is 457 g/mol. The van der Waals surface area contributed by atoms with E-state index in [0.717, 1.165) is 37.2 Å². The predicted octanol–water partition coefficient (Wildman–Crippen LogP) is 4.79. The van der Waals surface area contributed by atoms with E-state index in [1.807, 2.05) is 6.07 Å². The normalized spacial score (nSPS) is 35.2. The zero-order chi connectivity index (χ0) is 22.9. The first-order chi connectivity index (χ1) is 16.5. The van der Waals surface area contributed by atoms with Gasteiger partial charge in [0.1, 0.15) is 5.60 Å². The molecule has 2 aromatic carbocycles. The molecule has 2 N–H and O–H groups in total. The number of phenols is 1. The maximum atomic E-state index is 11.0. The number of ether oxygens (including phenoxy) is 2. The monoisotopic (exact) mass is 456 g/mol. The molecule has 5 nitrogen and oxygen atoms in total. The molecule has 0 amide bonds. The highest BCUT2D eigenvalue weighted by Gasteiger charge is 2.78. The van der Waals surface area contributed by atoms with Crippen LogP contribution < -0.4 is 4.74 Å². The van der Waals surface area contributed by atoms with Crippen LogP contribution in [0.2, 0.25) is 0 Å². The quantitative estimate of drug-likeness (QED) is 0.593. The second-order valence-corrected chi connectivity index (χ2v) is 11.4. The third kappa shape index (κ3) is 2.04. The number of aromatic amines is 1. The maximum Gasteiger partial charge on any atom is 0.166 e. The molecular formula is C29H32N2O3. The molecule has 3 aliphatic carbocycles. The van der Waals surface area contributed by atoms with Crippen molar-refractivity contribution < 1.29 is 14.6 Å². The number of H-pyrrole nitrogens is 1. The first-order valence-electron chi connectivity index (χ1n) is 13.0. The summed E-state index contributed by atoms with van der Waals surface area (Å²) in [5.74, 6) is 1.78. The number of piperidine rings is 1. The molecule has 0 radical (unpaired) electrons. The molecule has 3 heterocycles. The van der Waals surface area contributed by atoms with E-state index in [1.54, 1.807) is 0 Å². The van der Waals surface area contributed by atoms with Gasteiger partial charge in [0.2, 0.25) is 0 Å². The van der Waals surface area contributed by atoms with E-state index in [9.17, 15) is 5.11 Å². The van der Waals surface area contributed by atoms with Crippen LogP contribution in [0.25, 0.3) is 10.9 Å². The minimum atomic E-state index is -0.630. The molecule has 5 heteroatoms. The fraction of sp³-hybridized carbons (Fsp3) is 0.517. The van der Waals surface area contributed by atoms with E-state index < -0.39 is 11.2 Å². The van der Waals surface area contributed by atoms with Gasteiger partial charge in [-0.15, -0.1) is 0 Å². The van der Waals surface area contributed by atoms with Gasteiger partial charge in [0, 0.05) is 42.1 Å². The fourth-order valence-corrected chi connectivity index (χ4v) is 8.59. The molecule has 1 spiro atoms. The molecule has 2 fully saturated rings. The first kappa shape index (κ1) is 19.8. The number of aromatic nitrogens is 1. The van der Waals surface area contributed by atoms with Gasteiger partial charge in [0.05, 0.1) is 11.1 Å². The van der Waals surface area contributed by atoms with Crippen molar-refractivity contribution in [3.8, 4) is 11.5 Å². The number of fused-ring (bicyclic) bond motifs is 4. The number of nitrogens with one attached hydrogen (secondary N) is 1. The highest BCUT2D eigenvalue weighted by Crippen LogP contribution is 2.72. The number of nitrogens with zero attached hydrogens (tertiary/aromatic N) is 1. The highest BCUT2D eigenvalue weighted by atomic mass is 16.5. The fourth-order valence-electron chi connectivity index (χ4n) is 8.59. The Morgan fingerprint density at radius 1 is 1.21 bits per heavy atom. The van der Waals surface area contributed by atoms with Crippen molar-refractivity contribution in [2.24, 2.45) is 5.92 Å². The van der Waals surface area contributed by atoms with Crippen molar-refractivity contribution in [2.45, 2.75) is 68.6 Å². The van der Waals surface area contributed by atoms with Crippen LogP contribution in [0.1, 0.15) is 55.5 Å². The predicted molar refractivity (Wildman–Crippen MR) is 131 cm³/mol. The number of para-hydroxylation sites is 1. The zero-order valence-corrected chi connectivity index (χ0v) is 20.0. The number of rotatable bonds is 4. The number of likely N-dealkylation sites (tertiary alicyclic amines) is 1. The van der Waals surface area contributed by atoms with Crippen LogP contribution in [0.3, 0.4) is 0 Å². The summed E-state index contributed by atoms with van der Waals surface area (Å²) in [6.45, 7) is 7.30. The smallest absolute Gasteiger partial charge is 0.166 e. The van der Waals surface area contributed by atoms with Crippen LogP contribution in [-0.4, -0.2) is 46.3 Å². The van der Waals surface area contributed by atoms with Gasteiger partial charge in [0.25, 0.3) is 0 Å². The molecule has 8 rings (SSSR count). The lowest BCUT2D eigenvalue weighted by molar-refractivity contribution is -0.224. The van der Waals surface area contributed by atoms with Crippen LogP contribution >= 0.6 is 0 Å². The summed E-state index contributed by atoms with van der Waals surface area (Å²) in [5, 5.41) is 12.3. The lowest BCUT2D eigenvalue weighted by atomic mass is 9.45. The summed E-state index contributed by atoms with van der Waals surface area (Å²) < 4.78 is 14.1. The summed E-state index contributed by atoms with van der Waals surface area (Å²) in [5.41, 5.74) is 4.84. The van der Waals surface area contributed by atoms with Gasteiger partial charge < -0.3 is 19.6 Å².